The van der Waals surface area contributed by atoms with E-state index in [-0.39, 0.29) is 5.56 Å². The number of rotatable bonds is 1. The van der Waals surface area contributed by atoms with Gasteiger partial charge in [-0.15, -0.1) is 0 Å². The number of hydrogen-bond acceptors (Lipinski definition) is 1. The van der Waals surface area contributed by atoms with Crippen LogP contribution in [0, 0.1) is 12.8 Å². The van der Waals surface area contributed by atoms with E-state index in [4.69, 9.17) is 5.11 Å². The molecule has 1 rings (SSSR count). The zero-order valence-corrected chi connectivity index (χ0v) is 10.5. The minimum absolute atomic E-state index is 0.127. The number of aliphatic hydroxyl groups excluding tert-OH is 1. The molecule has 0 radical (unpaired) electrons. The minimum Gasteiger partial charge on any atom is -0.379 e. The standard InChI is InChI=1S/C9H9F3O.C4H10/c1-6-2-4-7(5-3-6)8(13)9(10,11)12;1-4(2)3/h2-5,8,13H,1H3;4H,1-3H3. The third kappa shape index (κ3) is 7.00. The first-order valence-electron chi connectivity index (χ1n) is 5.46. The van der Waals surface area contributed by atoms with E-state index in [0.29, 0.717) is 0 Å². The molecule has 4 heteroatoms. The molecule has 98 valence electrons. The summed E-state index contributed by atoms with van der Waals surface area (Å²) in [4.78, 5) is 0. The fraction of sp³-hybridized carbons (Fsp3) is 0.538. The number of halogens is 3. The summed E-state index contributed by atoms with van der Waals surface area (Å²) < 4.78 is 36.0. The van der Waals surface area contributed by atoms with Gasteiger partial charge in [-0.25, -0.2) is 0 Å². The molecule has 0 aliphatic carbocycles. The van der Waals surface area contributed by atoms with Gasteiger partial charge in [-0.05, 0) is 18.4 Å². The Morgan fingerprint density at radius 2 is 1.35 bits per heavy atom. The summed E-state index contributed by atoms with van der Waals surface area (Å²) in [6, 6.07) is 5.61. The molecular weight excluding hydrogens is 229 g/mol. The normalized spacial score (nSPS) is 13.0. The fourth-order valence-electron chi connectivity index (χ4n) is 0.938. The van der Waals surface area contributed by atoms with E-state index < -0.39 is 12.3 Å². The first kappa shape index (κ1) is 16.0. The molecule has 1 nitrogen and oxygen atoms in total. The van der Waals surface area contributed by atoms with Gasteiger partial charge in [0.2, 0.25) is 0 Å². The van der Waals surface area contributed by atoms with Crippen LogP contribution in [0.15, 0.2) is 24.3 Å². The zero-order chi connectivity index (χ0) is 13.6. The van der Waals surface area contributed by atoms with Crippen molar-refractivity contribution in [1.29, 1.82) is 0 Å². The van der Waals surface area contributed by atoms with Crippen LogP contribution in [0.2, 0.25) is 0 Å². The average molecular weight is 248 g/mol. The second kappa shape index (κ2) is 6.64. The minimum atomic E-state index is -4.59. The maximum absolute atomic E-state index is 12.0. The number of hydrogen-bond donors (Lipinski definition) is 1. The maximum Gasteiger partial charge on any atom is 0.418 e. The van der Waals surface area contributed by atoms with Crippen LogP contribution in [0.25, 0.3) is 0 Å². The molecule has 0 aromatic heterocycles. The molecule has 1 aromatic carbocycles. The van der Waals surface area contributed by atoms with Crippen LogP contribution in [0.1, 0.15) is 38.0 Å². The molecule has 1 aromatic rings. The number of aryl methyl sites for hydroxylation is 1. The van der Waals surface area contributed by atoms with E-state index >= 15 is 0 Å². The Morgan fingerprint density at radius 1 is 1.00 bits per heavy atom. The highest BCUT2D eigenvalue weighted by atomic mass is 19.4. The predicted molar refractivity (Wildman–Crippen MR) is 62.7 cm³/mol. The number of alkyl halides is 3. The first-order valence-corrected chi connectivity index (χ1v) is 5.46. The quantitative estimate of drug-likeness (QED) is 0.787. The molecule has 1 N–H and O–H groups in total. The molecule has 0 aliphatic rings. The molecule has 0 bridgehead atoms. The molecule has 0 spiro atoms. The smallest absolute Gasteiger partial charge is 0.379 e. The lowest BCUT2D eigenvalue weighted by Gasteiger charge is -2.14. The fourth-order valence-corrected chi connectivity index (χ4v) is 0.938. The van der Waals surface area contributed by atoms with E-state index in [9.17, 15) is 13.2 Å². The third-order valence-corrected chi connectivity index (χ3v) is 1.70. The van der Waals surface area contributed by atoms with E-state index in [2.05, 4.69) is 20.8 Å². The monoisotopic (exact) mass is 248 g/mol. The van der Waals surface area contributed by atoms with Crippen molar-refractivity contribution >= 4 is 0 Å². The lowest BCUT2D eigenvalue weighted by molar-refractivity contribution is -0.206. The number of aliphatic hydroxyl groups is 1. The molecular formula is C13H19F3O. The molecule has 0 heterocycles. The summed E-state index contributed by atoms with van der Waals surface area (Å²) >= 11 is 0. The van der Waals surface area contributed by atoms with Crippen LogP contribution in [-0.4, -0.2) is 11.3 Å². The molecule has 1 unspecified atom stereocenters. The summed E-state index contributed by atoms with van der Waals surface area (Å²) in [6.45, 7) is 8.27. The Labute approximate surface area is 100 Å². The van der Waals surface area contributed by atoms with Crippen LogP contribution in [-0.2, 0) is 0 Å². The van der Waals surface area contributed by atoms with Crippen molar-refractivity contribution in [3.63, 3.8) is 0 Å². The van der Waals surface area contributed by atoms with Crippen LogP contribution in [0.4, 0.5) is 13.2 Å². The van der Waals surface area contributed by atoms with E-state index in [0.717, 1.165) is 11.5 Å². The summed E-state index contributed by atoms with van der Waals surface area (Å²) in [5.41, 5.74) is 0.733. The van der Waals surface area contributed by atoms with Crippen molar-refractivity contribution in [2.45, 2.75) is 40.0 Å². The first-order chi connectivity index (χ1) is 7.64. The molecule has 17 heavy (non-hydrogen) atoms. The molecule has 1 atom stereocenters. The van der Waals surface area contributed by atoms with Gasteiger partial charge >= 0.3 is 6.18 Å². The van der Waals surface area contributed by atoms with Gasteiger partial charge in [0.1, 0.15) is 0 Å². The zero-order valence-electron chi connectivity index (χ0n) is 10.5. The van der Waals surface area contributed by atoms with Gasteiger partial charge in [0, 0.05) is 0 Å². The highest BCUT2D eigenvalue weighted by Gasteiger charge is 2.39. The van der Waals surface area contributed by atoms with Gasteiger partial charge in [-0.2, -0.15) is 13.2 Å². The van der Waals surface area contributed by atoms with Gasteiger partial charge in [0.15, 0.2) is 6.10 Å². The van der Waals surface area contributed by atoms with Gasteiger partial charge in [-0.3, -0.25) is 0 Å². The summed E-state index contributed by atoms with van der Waals surface area (Å²) in [5, 5.41) is 8.82. The molecule has 0 saturated heterocycles. The summed E-state index contributed by atoms with van der Waals surface area (Å²) in [5.74, 6) is 0.833. The van der Waals surface area contributed by atoms with Gasteiger partial charge in [-0.1, -0.05) is 50.6 Å². The van der Waals surface area contributed by atoms with Crippen molar-refractivity contribution < 1.29 is 18.3 Å². The van der Waals surface area contributed by atoms with Crippen LogP contribution < -0.4 is 0 Å². The third-order valence-electron chi connectivity index (χ3n) is 1.70. The SMILES string of the molecule is CC(C)C.Cc1ccc(C(O)C(F)(F)F)cc1. The van der Waals surface area contributed by atoms with Crippen molar-refractivity contribution in [3.05, 3.63) is 35.4 Å². The van der Waals surface area contributed by atoms with Crippen molar-refractivity contribution in [2.75, 3.05) is 0 Å². The lowest BCUT2D eigenvalue weighted by Crippen LogP contribution is -2.19. The van der Waals surface area contributed by atoms with Crippen LogP contribution >= 0.6 is 0 Å². The topological polar surface area (TPSA) is 20.2 Å². The second-order valence-corrected chi connectivity index (χ2v) is 4.59. The lowest BCUT2D eigenvalue weighted by atomic mass is 10.1. The van der Waals surface area contributed by atoms with Crippen molar-refractivity contribution in [2.24, 2.45) is 5.92 Å². The molecule has 0 fully saturated rings. The Balaban J connectivity index is 0.000000557. The predicted octanol–water partition coefficient (Wildman–Crippen LogP) is 4.25. The van der Waals surface area contributed by atoms with Crippen LogP contribution in [0.5, 0.6) is 0 Å². The van der Waals surface area contributed by atoms with Gasteiger partial charge in [0.05, 0.1) is 0 Å². The van der Waals surface area contributed by atoms with E-state index in [1.165, 1.54) is 24.3 Å². The maximum atomic E-state index is 12.0. The average Bonchev–Trinajstić information content (AvgIpc) is 2.15. The Kier molecular flexibility index (Phi) is 6.24. The Bertz CT molecular complexity index is 312. The van der Waals surface area contributed by atoms with Gasteiger partial charge < -0.3 is 5.11 Å². The molecule has 0 aliphatic heterocycles. The Hall–Kier alpha value is -1.03. The highest BCUT2D eigenvalue weighted by Crippen LogP contribution is 2.32. The van der Waals surface area contributed by atoms with Gasteiger partial charge in [0.25, 0.3) is 0 Å². The molecule has 0 saturated carbocycles. The van der Waals surface area contributed by atoms with E-state index in [1.54, 1.807) is 6.92 Å². The largest absolute Gasteiger partial charge is 0.418 e. The molecule has 0 amide bonds. The second-order valence-electron chi connectivity index (χ2n) is 4.59. The van der Waals surface area contributed by atoms with Crippen molar-refractivity contribution in [3.8, 4) is 0 Å². The number of benzene rings is 1. The Morgan fingerprint density at radius 3 is 1.65 bits per heavy atom. The van der Waals surface area contributed by atoms with Crippen LogP contribution in [0.3, 0.4) is 0 Å². The summed E-state index contributed by atoms with van der Waals surface area (Å²) in [6.07, 6.45) is -6.97. The van der Waals surface area contributed by atoms with Crippen molar-refractivity contribution in [1.82, 2.24) is 0 Å². The highest BCUT2D eigenvalue weighted by molar-refractivity contribution is 5.23. The summed E-state index contributed by atoms with van der Waals surface area (Å²) in [7, 11) is 0. The van der Waals surface area contributed by atoms with E-state index in [1.807, 2.05) is 0 Å².